The van der Waals surface area contributed by atoms with Gasteiger partial charge in [0.25, 0.3) is 15.9 Å². The smallest absolute Gasteiger partial charge is 0.315 e. The van der Waals surface area contributed by atoms with E-state index in [0.717, 1.165) is 36.4 Å². The third kappa shape index (κ3) is 10.2. The van der Waals surface area contributed by atoms with Gasteiger partial charge in [0.15, 0.2) is 5.03 Å². The molecule has 15 heteroatoms. The van der Waals surface area contributed by atoms with E-state index in [4.69, 9.17) is 0 Å². The van der Waals surface area contributed by atoms with Gasteiger partial charge in [-0.25, -0.2) is 18.2 Å². The molecule has 1 aromatic rings. The summed E-state index contributed by atoms with van der Waals surface area (Å²) in [5.74, 6) is -2.47. The summed E-state index contributed by atoms with van der Waals surface area (Å²) < 4.78 is 27.7. The lowest BCUT2D eigenvalue weighted by Gasteiger charge is -2.36. The second-order valence-electron chi connectivity index (χ2n) is 16.4. The van der Waals surface area contributed by atoms with E-state index in [1.54, 1.807) is 17.0 Å². The van der Waals surface area contributed by atoms with E-state index in [2.05, 4.69) is 46.7 Å². The molecule has 5 amide bonds. The van der Waals surface area contributed by atoms with Gasteiger partial charge in [-0.2, -0.15) is 4.31 Å². The number of rotatable bonds is 10. The molecule has 0 unspecified atom stereocenters. The fourth-order valence-electron chi connectivity index (χ4n) is 7.70. The molecule has 4 N–H and O–H groups in total. The van der Waals surface area contributed by atoms with Crippen molar-refractivity contribution in [3.63, 3.8) is 0 Å². The molecular weight excluding hydrogens is 699 g/mol. The van der Waals surface area contributed by atoms with Crippen LogP contribution in [0.2, 0.25) is 0 Å². The minimum Gasteiger partial charge on any atom is -0.346 e. The number of hydrogen-bond acceptors (Lipinski definition) is 8. The molecule has 1 aliphatic carbocycles. The third-order valence-corrected chi connectivity index (χ3v) is 13.0. The molecule has 1 aromatic heterocycles. The number of nitrogens with zero attached hydrogens (tertiary/aromatic N) is 3. The first kappa shape index (κ1) is 41.9. The molecule has 0 radical (unpaired) electrons. The Hall–Kier alpha value is -3.85. The molecule has 3 heterocycles. The van der Waals surface area contributed by atoms with E-state index in [1.807, 2.05) is 20.8 Å². The number of urea groups is 1. The lowest BCUT2D eigenvalue weighted by Crippen LogP contribution is -2.60. The summed E-state index contributed by atoms with van der Waals surface area (Å²) in [6.07, 6.45) is 9.39. The number of pyridine rings is 1. The number of fused-ring (bicyclic) bond motifs is 3. The van der Waals surface area contributed by atoms with Crippen LogP contribution in [0.5, 0.6) is 0 Å². The Bertz CT molecular complexity index is 1610. The van der Waals surface area contributed by atoms with Crippen molar-refractivity contribution in [2.45, 2.75) is 122 Å². The van der Waals surface area contributed by atoms with Crippen LogP contribution in [0, 0.1) is 22.7 Å². The van der Waals surface area contributed by atoms with Crippen molar-refractivity contribution in [2.24, 2.45) is 22.7 Å². The Morgan fingerprint density at radius 3 is 2.32 bits per heavy atom. The highest BCUT2D eigenvalue weighted by molar-refractivity contribution is 7.89. The topological polar surface area (TPSA) is 187 Å². The van der Waals surface area contributed by atoms with Crippen LogP contribution in [0.3, 0.4) is 0 Å². The lowest BCUT2D eigenvalue weighted by atomic mass is 9.86. The van der Waals surface area contributed by atoms with Gasteiger partial charge in [0.1, 0.15) is 12.1 Å². The fraction of sp³-hybridized carbons (Fsp3) is 0.684. The number of Topliss-reactive ketones (excluding diaryl/α,β-unsaturated/α-hetero) is 1. The average Bonchev–Trinajstić information content (AvgIpc) is 3.40. The number of likely N-dealkylation sites (N-methyl/N-ethyl adjacent to an activating group) is 1. The summed E-state index contributed by atoms with van der Waals surface area (Å²) in [5.41, 5.74) is -0.778. The van der Waals surface area contributed by atoms with Crippen LogP contribution in [0.4, 0.5) is 4.79 Å². The molecule has 4 rings (SSSR count). The molecule has 2 aliphatic heterocycles. The number of ketones is 1. The van der Waals surface area contributed by atoms with Crippen molar-refractivity contribution in [1.82, 2.24) is 35.5 Å². The van der Waals surface area contributed by atoms with Gasteiger partial charge in [0, 0.05) is 38.9 Å². The van der Waals surface area contributed by atoms with Crippen molar-refractivity contribution in [3.8, 4) is 0 Å². The van der Waals surface area contributed by atoms with Crippen LogP contribution < -0.4 is 21.3 Å². The van der Waals surface area contributed by atoms with E-state index >= 15 is 0 Å². The van der Waals surface area contributed by atoms with E-state index in [-0.39, 0.29) is 41.3 Å². The standard InChI is InChI=1S/C38H59N7O7S/c1-8-21-40-34(48)32(46)26-18-14-12-10-9-11-13-15-19-27(35(49)45-23-25-30(38(25,5)6)31(45)33(47)41-26)42-36(50)43-28(37(2,3)4)24-44(7)53(51,52)29-20-16-17-22-39-29/h8,16-17,20,22,25-28,30-31H,1,9-15,18-19,21,23-24H2,2-7H3,(H,40,48)(H,41,47)(H2,42,43,50)/t25-,26+,27+,28-,30-,31+/m1/s1. The van der Waals surface area contributed by atoms with Crippen molar-refractivity contribution in [2.75, 3.05) is 26.7 Å². The van der Waals surface area contributed by atoms with Gasteiger partial charge in [-0.1, -0.05) is 91.7 Å². The highest BCUT2D eigenvalue weighted by Gasteiger charge is 2.69. The molecular formula is C38H59N7O7S. The predicted octanol–water partition coefficient (Wildman–Crippen LogP) is 3.15. The van der Waals surface area contributed by atoms with Crippen LogP contribution in [0.15, 0.2) is 42.1 Å². The number of sulfonamides is 1. The molecule has 0 bridgehead atoms. The molecule has 1 saturated carbocycles. The first-order valence-corrected chi connectivity index (χ1v) is 20.3. The van der Waals surface area contributed by atoms with Crippen molar-refractivity contribution in [1.29, 1.82) is 0 Å². The zero-order valence-corrected chi connectivity index (χ0v) is 33.0. The van der Waals surface area contributed by atoms with Gasteiger partial charge in [0.05, 0.1) is 6.04 Å². The quantitative estimate of drug-likeness (QED) is 0.207. The Balaban J connectivity index is 1.55. The highest BCUT2D eigenvalue weighted by Crippen LogP contribution is 2.65. The zero-order valence-electron chi connectivity index (χ0n) is 32.2. The molecule has 14 nitrogen and oxygen atoms in total. The Kier molecular flexibility index (Phi) is 13.9. The average molecular weight is 758 g/mol. The summed E-state index contributed by atoms with van der Waals surface area (Å²) in [6, 6.07) is 0.505. The minimum atomic E-state index is -3.94. The van der Waals surface area contributed by atoms with Gasteiger partial charge in [-0.3, -0.25) is 19.2 Å². The molecule has 3 aliphatic rings. The Morgan fingerprint density at radius 2 is 1.72 bits per heavy atom. The summed E-state index contributed by atoms with van der Waals surface area (Å²) in [7, 11) is -2.50. The van der Waals surface area contributed by atoms with Crippen molar-refractivity contribution < 1.29 is 32.4 Å². The van der Waals surface area contributed by atoms with Crippen molar-refractivity contribution in [3.05, 3.63) is 37.1 Å². The minimum absolute atomic E-state index is 0.0489. The SMILES string of the molecule is C=CCNC(=O)C(=O)[C@@H]1CCCCCCCCC[C@H](NC(=O)N[C@H](CN(C)S(=O)(=O)c2ccccn2)C(C)(C)C)C(=O)N2C[C@@H]3[C@H]([C@H]2C(=O)N1)C3(C)C. The summed E-state index contributed by atoms with van der Waals surface area (Å²) in [5, 5.41) is 11.1. The zero-order chi connectivity index (χ0) is 39.1. The van der Waals surface area contributed by atoms with Gasteiger partial charge in [0.2, 0.25) is 17.6 Å². The molecule has 3 fully saturated rings. The van der Waals surface area contributed by atoms with Gasteiger partial charge < -0.3 is 26.2 Å². The predicted molar refractivity (Wildman–Crippen MR) is 201 cm³/mol. The van der Waals surface area contributed by atoms with Gasteiger partial charge in [-0.15, -0.1) is 6.58 Å². The summed E-state index contributed by atoms with van der Waals surface area (Å²) in [4.78, 5) is 73.8. The molecule has 0 spiro atoms. The summed E-state index contributed by atoms with van der Waals surface area (Å²) >= 11 is 0. The molecule has 294 valence electrons. The maximum atomic E-state index is 14.4. The molecule has 6 atom stereocenters. The maximum Gasteiger partial charge on any atom is 0.315 e. The first-order chi connectivity index (χ1) is 24.9. The molecule has 2 saturated heterocycles. The number of aromatic nitrogens is 1. The molecule has 0 aromatic carbocycles. The number of carbonyl (C=O) groups excluding carboxylic acids is 5. The largest absolute Gasteiger partial charge is 0.346 e. The van der Waals surface area contributed by atoms with Gasteiger partial charge >= 0.3 is 6.03 Å². The number of carbonyl (C=O) groups is 5. The monoisotopic (exact) mass is 757 g/mol. The van der Waals surface area contributed by atoms with E-state index in [0.29, 0.717) is 32.2 Å². The van der Waals surface area contributed by atoms with Crippen LogP contribution >= 0.6 is 0 Å². The molecule has 53 heavy (non-hydrogen) atoms. The van der Waals surface area contributed by atoms with Crippen molar-refractivity contribution >= 4 is 39.6 Å². The second-order valence-corrected chi connectivity index (χ2v) is 18.4. The number of amides is 5. The summed E-state index contributed by atoms with van der Waals surface area (Å²) in [6.45, 7) is 13.8. The fourth-order valence-corrected chi connectivity index (χ4v) is 8.81. The van der Waals surface area contributed by atoms with E-state index in [1.165, 1.54) is 25.4 Å². The Morgan fingerprint density at radius 1 is 1.08 bits per heavy atom. The van der Waals surface area contributed by atoms with Crippen LogP contribution in [0.25, 0.3) is 0 Å². The number of nitrogens with one attached hydrogen (secondary N) is 4. The number of hydrogen-bond donors (Lipinski definition) is 4. The maximum absolute atomic E-state index is 14.4. The lowest BCUT2D eigenvalue weighted by molar-refractivity contribution is -0.144. The van der Waals surface area contributed by atoms with E-state index < -0.39 is 63.2 Å². The highest BCUT2D eigenvalue weighted by atomic mass is 32.2. The third-order valence-electron chi connectivity index (χ3n) is 11.2. The van der Waals surface area contributed by atoms with E-state index in [9.17, 15) is 32.4 Å². The normalized spacial score (nSPS) is 26.0. The van der Waals surface area contributed by atoms with Crippen LogP contribution in [-0.2, 0) is 29.2 Å². The van der Waals surface area contributed by atoms with Crippen LogP contribution in [0.1, 0.15) is 92.4 Å². The number of piperidine rings is 1. The Labute approximate surface area is 314 Å². The second kappa shape index (κ2) is 17.5. The first-order valence-electron chi connectivity index (χ1n) is 18.9. The van der Waals surface area contributed by atoms with Gasteiger partial charge in [-0.05, 0) is 47.6 Å². The van der Waals surface area contributed by atoms with Crippen LogP contribution in [-0.4, -0.2) is 103 Å².